The van der Waals surface area contributed by atoms with Crippen LogP contribution in [0.3, 0.4) is 0 Å². The smallest absolute Gasteiger partial charge is 0.188 e. The lowest BCUT2D eigenvalue weighted by atomic mass is 10.6. The lowest BCUT2D eigenvalue weighted by Crippen LogP contribution is -2.06. The highest BCUT2D eigenvalue weighted by atomic mass is 16.7. The number of aliphatic hydroxyl groups excluding tert-OH is 1. The summed E-state index contributed by atoms with van der Waals surface area (Å²) < 4.78 is 9.19. The Morgan fingerprint density at radius 2 is 2.57 bits per heavy atom. The monoisotopic (exact) mass is 102 g/mol. The molecule has 0 aromatic heterocycles. The minimum absolute atomic E-state index is 0.145. The van der Waals surface area contributed by atoms with Gasteiger partial charge in [0.05, 0.1) is 0 Å². The van der Waals surface area contributed by atoms with Crippen molar-refractivity contribution < 1.29 is 14.6 Å². The molecule has 0 aromatic rings. The summed E-state index contributed by atoms with van der Waals surface area (Å²) in [5, 5.41) is 8.52. The van der Waals surface area contributed by atoms with Gasteiger partial charge in [0.15, 0.2) is 12.6 Å². The summed E-state index contributed by atoms with van der Waals surface area (Å²) in [7, 11) is 0. The number of aliphatic hydroxyl groups is 1. The average molecular weight is 102 g/mol. The van der Waals surface area contributed by atoms with Gasteiger partial charge in [0, 0.05) is 0 Å². The molecule has 0 spiro atoms. The Morgan fingerprint density at radius 3 is 2.86 bits per heavy atom. The maximum absolute atomic E-state index is 8.52. The maximum atomic E-state index is 8.52. The van der Waals surface area contributed by atoms with Gasteiger partial charge in [0.25, 0.3) is 0 Å². The van der Waals surface area contributed by atoms with Crippen molar-refractivity contribution in [3.05, 3.63) is 12.0 Å². The van der Waals surface area contributed by atoms with Crippen LogP contribution in [-0.4, -0.2) is 18.5 Å². The molecule has 1 rings (SSSR count). The highest BCUT2D eigenvalue weighted by molar-refractivity contribution is 4.85. The van der Waals surface area contributed by atoms with Gasteiger partial charge in [0.1, 0.15) is 12.9 Å². The Kier molecular flexibility index (Phi) is 1.17. The molecule has 3 heteroatoms. The van der Waals surface area contributed by atoms with Crippen LogP contribution >= 0.6 is 0 Å². The number of hydrogen-bond acceptors (Lipinski definition) is 3. The van der Waals surface area contributed by atoms with Crippen LogP contribution in [0.5, 0.6) is 0 Å². The number of rotatable bonds is 0. The average Bonchev–Trinajstić information content (AvgIpc) is 1.69. The van der Waals surface area contributed by atoms with E-state index in [1.54, 1.807) is 0 Å². The van der Waals surface area contributed by atoms with E-state index in [4.69, 9.17) is 5.11 Å². The van der Waals surface area contributed by atoms with E-state index in [0.29, 0.717) is 0 Å². The van der Waals surface area contributed by atoms with Crippen molar-refractivity contribution in [3.8, 4) is 0 Å². The summed E-state index contributed by atoms with van der Waals surface area (Å²) in [6.45, 7) is 0.532. The molecule has 1 aliphatic rings. The van der Waals surface area contributed by atoms with Gasteiger partial charge >= 0.3 is 0 Å². The zero-order valence-corrected chi connectivity index (χ0v) is 3.76. The minimum Gasteiger partial charge on any atom is -0.507 e. The van der Waals surface area contributed by atoms with E-state index in [0.717, 1.165) is 0 Å². The largest absolute Gasteiger partial charge is 0.507 e. The van der Waals surface area contributed by atoms with Gasteiger partial charge in [-0.05, 0) is 0 Å². The summed E-state index contributed by atoms with van der Waals surface area (Å²) in [4.78, 5) is 0. The summed E-state index contributed by atoms with van der Waals surface area (Å²) in [6.07, 6.45) is 1.28. The van der Waals surface area contributed by atoms with E-state index in [1.807, 2.05) is 0 Å². The van der Waals surface area contributed by atoms with Crippen molar-refractivity contribution in [2.24, 2.45) is 0 Å². The first kappa shape index (κ1) is 4.46. The first-order valence-corrected chi connectivity index (χ1v) is 1.97. The van der Waals surface area contributed by atoms with Gasteiger partial charge < -0.3 is 14.6 Å². The third kappa shape index (κ3) is 1.08. The van der Waals surface area contributed by atoms with Crippen molar-refractivity contribution in [2.45, 2.75) is 0 Å². The van der Waals surface area contributed by atoms with Crippen molar-refractivity contribution >= 4 is 0 Å². The van der Waals surface area contributed by atoms with Crippen LogP contribution in [0.15, 0.2) is 12.0 Å². The van der Waals surface area contributed by atoms with Crippen LogP contribution in [-0.2, 0) is 9.47 Å². The van der Waals surface area contributed by atoms with Gasteiger partial charge in [-0.25, -0.2) is 0 Å². The van der Waals surface area contributed by atoms with Gasteiger partial charge in [0.2, 0.25) is 0 Å². The summed E-state index contributed by atoms with van der Waals surface area (Å²) in [6, 6.07) is 0. The standard InChI is InChI=1S/C4H6O3/c5-4-1-6-3-7-2-4/h1,5H,2-3H2. The normalized spacial score (nSPS) is 20.3. The Hall–Kier alpha value is -0.700. The molecule has 0 unspecified atom stereocenters. The lowest BCUT2D eigenvalue weighted by Gasteiger charge is -2.08. The van der Waals surface area contributed by atoms with Gasteiger partial charge in [-0.2, -0.15) is 0 Å². The predicted molar refractivity (Wildman–Crippen MR) is 22.6 cm³/mol. The molecule has 0 fully saturated rings. The van der Waals surface area contributed by atoms with E-state index < -0.39 is 0 Å². The summed E-state index contributed by atoms with van der Waals surface area (Å²) in [5.74, 6) is 0.145. The minimum atomic E-state index is 0.145. The molecule has 0 atom stereocenters. The Morgan fingerprint density at radius 1 is 1.71 bits per heavy atom. The van der Waals surface area contributed by atoms with Crippen LogP contribution < -0.4 is 0 Å². The van der Waals surface area contributed by atoms with E-state index in [2.05, 4.69) is 9.47 Å². The molecule has 0 aliphatic carbocycles. The van der Waals surface area contributed by atoms with E-state index in [1.165, 1.54) is 6.26 Å². The third-order valence-corrected chi connectivity index (χ3v) is 0.621. The molecular weight excluding hydrogens is 96.0 g/mol. The zero-order chi connectivity index (χ0) is 5.11. The maximum Gasteiger partial charge on any atom is 0.188 e. The Bertz CT molecular complexity index is 86.9. The molecule has 0 saturated carbocycles. The quantitative estimate of drug-likeness (QED) is 0.480. The molecule has 1 N–H and O–H groups in total. The lowest BCUT2D eigenvalue weighted by molar-refractivity contribution is -0.0376. The molecule has 1 aliphatic heterocycles. The second-order valence-electron chi connectivity index (χ2n) is 1.24. The first-order chi connectivity index (χ1) is 3.39. The SMILES string of the molecule is OC1=COCOC1. The van der Waals surface area contributed by atoms with Crippen LogP contribution in [0.4, 0.5) is 0 Å². The molecule has 0 saturated heterocycles. The Labute approximate surface area is 41.2 Å². The highest BCUT2D eigenvalue weighted by Crippen LogP contribution is 1.96. The molecule has 1 heterocycles. The highest BCUT2D eigenvalue weighted by Gasteiger charge is 1.98. The van der Waals surface area contributed by atoms with Crippen molar-refractivity contribution in [3.63, 3.8) is 0 Å². The second kappa shape index (κ2) is 1.84. The molecule has 7 heavy (non-hydrogen) atoms. The molecule has 0 bridgehead atoms. The topological polar surface area (TPSA) is 38.7 Å². The molecular formula is C4H6O3. The van der Waals surface area contributed by atoms with Crippen molar-refractivity contribution in [1.29, 1.82) is 0 Å². The molecule has 0 aromatic carbocycles. The van der Waals surface area contributed by atoms with E-state index in [-0.39, 0.29) is 19.2 Å². The third-order valence-electron chi connectivity index (χ3n) is 0.621. The predicted octanol–water partition coefficient (Wildman–Crippen LogP) is 0.390. The zero-order valence-electron chi connectivity index (χ0n) is 3.76. The van der Waals surface area contributed by atoms with Gasteiger partial charge in [-0.15, -0.1) is 0 Å². The summed E-state index contributed by atoms with van der Waals surface area (Å²) >= 11 is 0. The van der Waals surface area contributed by atoms with E-state index in [9.17, 15) is 0 Å². The fraction of sp³-hybridized carbons (Fsp3) is 0.500. The number of ether oxygens (including phenoxy) is 2. The van der Waals surface area contributed by atoms with Crippen LogP contribution in [0, 0.1) is 0 Å². The van der Waals surface area contributed by atoms with E-state index >= 15 is 0 Å². The van der Waals surface area contributed by atoms with Crippen LogP contribution in [0.1, 0.15) is 0 Å². The van der Waals surface area contributed by atoms with Crippen molar-refractivity contribution in [1.82, 2.24) is 0 Å². The van der Waals surface area contributed by atoms with Gasteiger partial charge in [-0.3, -0.25) is 0 Å². The number of hydrogen-bond donors (Lipinski definition) is 1. The van der Waals surface area contributed by atoms with Gasteiger partial charge in [-0.1, -0.05) is 0 Å². The summed E-state index contributed by atoms with van der Waals surface area (Å²) in [5.41, 5.74) is 0. The second-order valence-corrected chi connectivity index (χ2v) is 1.24. The molecule has 0 radical (unpaired) electrons. The van der Waals surface area contributed by atoms with Crippen molar-refractivity contribution in [2.75, 3.05) is 13.4 Å². The fourth-order valence-corrected chi connectivity index (χ4v) is 0.359. The van der Waals surface area contributed by atoms with Crippen LogP contribution in [0.25, 0.3) is 0 Å². The van der Waals surface area contributed by atoms with Crippen LogP contribution in [0.2, 0.25) is 0 Å². The first-order valence-electron chi connectivity index (χ1n) is 1.97. The Balaban J connectivity index is 2.40. The molecule has 40 valence electrons. The molecule has 0 amide bonds. The fourth-order valence-electron chi connectivity index (χ4n) is 0.359. The molecule has 3 nitrogen and oxygen atoms in total.